The van der Waals surface area contributed by atoms with Crippen molar-refractivity contribution in [2.24, 2.45) is 0 Å². The predicted octanol–water partition coefficient (Wildman–Crippen LogP) is 3.55. The van der Waals surface area contributed by atoms with Crippen LogP contribution in [0.25, 0.3) is 0 Å². The van der Waals surface area contributed by atoms with Crippen molar-refractivity contribution in [3.8, 4) is 11.5 Å². The molecule has 0 aromatic heterocycles. The Balaban J connectivity index is 2.35. The summed E-state index contributed by atoms with van der Waals surface area (Å²) in [6, 6.07) is 12.9. The molecule has 4 heteroatoms. The van der Waals surface area contributed by atoms with Crippen LogP contribution in [0.5, 0.6) is 11.5 Å². The fourth-order valence-corrected chi connectivity index (χ4v) is 2.42. The maximum atomic E-state index is 10.4. The lowest BCUT2D eigenvalue weighted by atomic mass is 10.0. The van der Waals surface area contributed by atoms with Crippen LogP contribution >= 0.6 is 15.9 Å². The first-order chi connectivity index (χ1) is 9.15. The standard InChI is InChI=1S/C15H15BrO3/c1-18-11-5-3-4-10(8-11)15(17)13-7-6-12(19-2)9-14(13)16/h3-9,15,17H,1-2H3. The number of aliphatic hydroxyl groups is 1. The molecule has 0 aliphatic rings. The average molecular weight is 323 g/mol. The molecular formula is C15H15BrO3. The second-order valence-corrected chi connectivity index (χ2v) is 4.92. The van der Waals surface area contributed by atoms with Crippen LogP contribution in [-0.4, -0.2) is 19.3 Å². The largest absolute Gasteiger partial charge is 0.497 e. The van der Waals surface area contributed by atoms with E-state index in [9.17, 15) is 5.11 Å². The van der Waals surface area contributed by atoms with E-state index in [0.29, 0.717) is 0 Å². The van der Waals surface area contributed by atoms with Crippen molar-refractivity contribution in [1.29, 1.82) is 0 Å². The van der Waals surface area contributed by atoms with Crippen LogP contribution in [0.3, 0.4) is 0 Å². The topological polar surface area (TPSA) is 38.7 Å². The monoisotopic (exact) mass is 322 g/mol. The van der Waals surface area contributed by atoms with Crippen molar-refractivity contribution in [1.82, 2.24) is 0 Å². The highest BCUT2D eigenvalue weighted by Crippen LogP contribution is 2.32. The molecule has 1 N–H and O–H groups in total. The maximum Gasteiger partial charge on any atom is 0.120 e. The lowest BCUT2D eigenvalue weighted by Crippen LogP contribution is -2.01. The highest BCUT2D eigenvalue weighted by molar-refractivity contribution is 9.10. The molecule has 3 nitrogen and oxygen atoms in total. The molecule has 2 aromatic rings. The second-order valence-electron chi connectivity index (χ2n) is 4.07. The summed E-state index contributed by atoms with van der Waals surface area (Å²) in [7, 11) is 3.22. The molecule has 0 radical (unpaired) electrons. The van der Waals surface area contributed by atoms with Gasteiger partial charge >= 0.3 is 0 Å². The van der Waals surface area contributed by atoms with Crippen molar-refractivity contribution in [3.63, 3.8) is 0 Å². The number of benzene rings is 2. The van der Waals surface area contributed by atoms with E-state index in [1.807, 2.05) is 42.5 Å². The fourth-order valence-electron chi connectivity index (χ4n) is 1.85. The number of aliphatic hydroxyl groups excluding tert-OH is 1. The summed E-state index contributed by atoms with van der Waals surface area (Å²) in [5, 5.41) is 10.4. The summed E-state index contributed by atoms with van der Waals surface area (Å²) in [6.07, 6.45) is -0.713. The van der Waals surface area contributed by atoms with Crippen molar-refractivity contribution in [3.05, 3.63) is 58.1 Å². The lowest BCUT2D eigenvalue weighted by molar-refractivity contribution is 0.219. The van der Waals surface area contributed by atoms with Gasteiger partial charge < -0.3 is 14.6 Å². The SMILES string of the molecule is COc1cccc(C(O)c2ccc(OC)cc2Br)c1. The molecule has 0 bridgehead atoms. The van der Waals surface area contributed by atoms with Crippen molar-refractivity contribution in [2.45, 2.75) is 6.10 Å². The summed E-state index contributed by atoms with van der Waals surface area (Å²) in [5.74, 6) is 1.47. The highest BCUT2D eigenvalue weighted by Gasteiger charge is 2.14. The molecule has 0 saturated heterocycles. The van der Waals surface area contributed by atoms with Gasteiger partial charge in [0, 0.05) is 4.47 Å². The number of rotatable bonds is 4. The molecule has 19 heavy (non-hydrogen) atoms. The molecule has 2 aromatic carbocycles. The molecule has 0 amide bonds. The number of methoxy groups -OCH3 is 2. The lowest BCUT2D eigenvalue weighted by Gasteiger charge is -2.15. The van der Waals surface area contributed by atoms with Crippen LogP contribution in [0.2, 0.25) is 0 Å². The third-order valence-electron chi connectivity index (χ3n) is 2.91. The molecular weight excluding hydrogens is 308 g/mol. The van der Waals surface area contributed by atoms with E-state index in [1.165, 1.54) is 0 Å². The molecule has 0 aliphatic carbocycles. The first kappa shape index (κ1) is 13.9. The smallest absolute Gasteiger partial charge is 0.120 e. The van der Waals surface area contributed by atoms with E-state index in [-0.39, 0.29) is 0 Å². The summed E-state index contributed by atoms with van der Waals surface area (Å²) < 4.78 is 11.1. The van der Waals surface area contributed by atoms with Crippen LogP contribution in [0.1, 0.15) is 17.2 Å². The quantitative estimate of drug-likeness (QED) is 0.935. The van der Waals surface area contributed by atoms with Gasteiger partial charge in [0.15, 0.2) is 0 Å². The van der Waals surface area contributed by atoms with Gasteiger partial charge in [0.1, 0.15) is 17.6 Å². The molecule has 100 valence electrons. The fraction of sp³-hybridized carbons (Fsp3) is 0.200. The Hall–Kier alpha value is -1.52. The van der Waals surface area contributed by atoms with Crippen molar-refractivity contribution >= 4 is 15.9 Å². The second kappa shape index (κ2) is 6.08. The van der Waals surface area contributed by atoms with Crippen LogP contribution in [0.4, 0.5) is 0 Å². The summed E-state index contributed by atoms with van der Waals surface area (Å²) >= 11 is 3.45. The van der Waals surface area contributed by atoms with Gasteiger partial charge in [0.05, 0.1) is 14.2 Å². The van der Waals surface area contributed by atoms with Gasteiger partial charge in [-0.05, 0) is 35.4 Å². The Kier molecular flexibility index (Phi) is 4.45. The van der Waals surface area contributed by atoms with Gasteiger partial charge in [-0.25, -0.2) is 0 Å². The van der Waals surface area contributed by atoms with E-state index in [0.717, 1.165) is 27.1 Å². The number of hydrogen-bond acceptors (Lipinski definition) is 3. The molecule has 0 saturated carbocycles. The predicted molar refractivity (Wildman–Crippen MR) is 77.7 cm³/mol. The number of ether oxygens (including phenoxy) is 2. The van der Waals surface area contributed by atoms with E-state index in [4.69, 9.17) is 9.47 Å². The molecule has 2 rings (SSSR count). The van der Waals surface area contributed by atoms with Gasteiger partial charge in [0.2, 0.25) is 0 Å². The third-order valence-corrected chi connectivity index (χ3v) is 3.60. The van der Waals surface area contributed by atoms with E-state index in [2.05, 4.69) is 15.9 Å². The first-order valence-corrected chi connectivity index (χ1v) is 6.60. The zero-order chi connectivity index (χ0) is 13.8. The molecule has 1 atom stereocenters. The van der Waals surface area contributed by atoms with Crippen LogP contribution in [0.15, 0.2) is 46.9 Å². The zero-order valence-corrected chi connectivity index (χ0v) is 12.3. The van der Waals surface area contributed by atoms with Gasteiger partial charge in [-0.1, -0.05) is 34.1 Å². The van der Waals surface area contributed by atoms with E-state index < -0.39 is 6.10 Å². The average Bonchev–Trinajstić information content (AvgIpc) is 2.46. The molecule has 0 heterocycles. The van der Waals surface area contributed by atoms with Gasteiger partial charge in [0.25, 0.3) is 0 Å². The van der Waals surface area contributed by atoms with Gasteiger partial charge in [-0.15, -0.1) is 0 Å². The van der Waals surface area contributed by atoms with E-state index >= 15 is 0 Å². The Labute approximate surface area is 120 Å². The molecule has 0 fully saturated rings. The normalized spacial score (nSPS) is 12.0. The van der Waals surface area contributed by atoms with Gasteiger partial charge in [-0.2, -0.15) is 0 Å². The van der Waals surface area contributed by atoms with Crippen molar-refractivity contribution in [2.75, 3.05) is 14.2 Å². The van der Waals surface area contributed by atoms with Crippen LogP contribution in [-0.2, 0) is 0 Å². The molecule has 0 spiro atoms. The third kappa shape index (κ3) is 3.08. The Morgan fingerprint density at radius 2 is 1.68 bits per heavy atom. The summed E-state index contributed by atoms with van der Waals surface area (Å²) in [4.78, 5) is 0. The highest BCUT2D eigenvalue weighted by atomic mass is 79.9. The Morgan fingerprint density at radius 1 is 1.00 bits per heavy atom. The minimum Gasteiger partial charge on any atom is -0.497 e. The van der Waals surface area contributed by atoms with E-state index in [1.54, 1.807) is 14.2 Å². The summed E-state index contributed by atoms with van der Waals surface area (Å²) in [6.45, 7) is 0. The Bertz CT molecular complexity index is 569. The number of halogens is 1. The minimum absolute atomic E-state index is 0.713. The van der Waals surface area contributed by atoms with Gasteiger partial charge in [-0.3, -0.25) is 0 Å². The summed E-state index contributed by atoms with van der Waals surface area (Å²) in [5.41, 5.74) is 1.57. The van der Waals surface area contributed by atoms with Crippen LogP contribution < -0.4 is 9.47 Å². The minimum atomic E-state index is -0.713. The van der Waals surface area contributed by atoms with Crippen LogP contribution in [0, 0.1) is 0 Å². The Morgan fingerprint density at radius 3 is 2.32 bits per heavy atom. The first-order valence-electron chi connectivity index (χ1n) is 5.81. The zero-order valence-electron chi connectivity index (χ0n) is 10.8. The van der Waals surface area contributed by atoms with Crippen molar-refractivity contribution < 1.29 is 14.6 Å². The molecule has 0 aliphatic heterocycles. The number of hydrogen-bond donors (Lipinski definition) is 1. The maximum absolute atomic E-state index is 10.4. The molecule has 1 unspecified atom stereocenters.